The second-order valence-corrected chi connectivity index (χ2v) is 3.31. The molecule has 1 aromatic heterocycles. The third-order valence-corrected chi connectivity index (χ3v) is 1.97. The summed E-state index contributed by atoms with van der Waals surface area (Å²) in [5.41, 5.74) is 6.15. The first kappa shape index (κ1) is 8.29. The number of nitrogen functional groups attached to an aromatic ring is 1. The van der Waals surface area contributed by atoms with E-state index in [1.165, 1.54) is 19.0 Å². The summed E-state index contributed by atoms with van der Waals surface area (Å²) in [6.07, 6.45) is 4.02. The summed E-state index contributed by atoms with van der Waals surface area (Å²) in [6, 6.07) is 0. The highest BCUT2D eigenvalue weighted by molar-refractivity contribution is 5.40. The average molecular weight is 178 g/mol. The van der Waals surface area contributed by atoms with Crippen molar-refractivity contribution in [2.75, 3.05) is 12.3 Å². The van der Waals surface area contributed by atoms with Crippen molar-refractivity contribution in [2.24, 2.45) is 5.92 Å². The van der Waals surface area contributed by atoms with E-state index in [0.717, 1.165) is 0 Å². The lowest BCUT2D eigenvalue weighted by Crippen LogP contribution is -2.05. The van der Waals surface area contributed by atoms with Gasteiger partial charge in [-0.25, -0.2) is 9.97 Å². The number of rotatable bonds is 3. The summed E-state index contributed by atoms with van der Waals surface area (Å²) in [4.78, 5) is 7.96. The summed E-state index contributed by atoms with van der Waals surface area (Å²) < 4.78 is 5.40. The Balaban J connectivity index is 2.03. The van der Waals surface area contributed by atoms with Gasteiger partial charge < -0.3 is 10.5 Å². The van der Waals surface area contributed by atoms with Crippen LogP contribution in [0, 0.1) is 12.8 Å². The number of aromatic nitrogens is 2. The van der Waals surface area contributed by atoms with Gasteiger partial charge in [-0.15, -0.1) is 0 Å². The number of nitrogens with two attached hydrogens (primary N) is 1. The van der Waals surface area contributed by atoms with E-state index in [1.807, 2.05) is 0 Å². The van der Waals surface area contributed by atoms with E-state index in [9.17, 15) is 0 Å². The number of hydrogen-bond donors (Lipinski definition) is 1. The highest BCUT2D eigenvalue weighted by atomic mass is 16.5. The lowest BCUT2D eigenvalue weighted by molar-refractivity contribution is 0.289. The van der Waals surface area contributed by atoms with Crippen molar-refractivity contribution in [3.8, 4) is 5.88 Å². The fourth-order valence-corrected chi connectivity index (χ4v) is 1.00. The standard InChI is InChI=1S/C9H12N3O/c1-6-4-11-8(10)9(12-6)13-5-7-2-3-7/h4,7H,1-3,5H2,(H2,10,11). The number of hydrogen-bond acceptors (Lipinski definition) is 4. The second kappa shape index (κ2) is 3.20. The van der Waals surface area contributed by atoms with Gasteiger partial charge in [-0.2, -0.15) is 0 Å². The zero-order chi connectivity index (χ0) is 9.26. The van der Waals surface area contributed by atoms with Gasteiger partial charge in [0.05, 0.1) is 18.5 Å². The molecule has 0 saturated heterocycles. The van der Waals surface area contributed by atoms with Crippen molar-refractivity contribution in [3.63, 3.8) is 0 Å². The Morgan fingerprint density at radius 3 is 3.08 bits per heavy atom. The molecular formula is C9H12N3O. The second-order valence-electron chi connectivity index (χ2n) is 3.31. The molecule has 4 nitrogen and oxygen atoms in total. The quantitative estimate of drug-likeness (QED) is 0.751. The normalized spacial score (nSPS) is 15.8. The molecule has 0 aliphatic heterocycles. The first-order valence-electron chi connectivity index (χ1n) is 4.33. The first-order valence-corrected chi connectivity index (χ1v) is 4.33. The van der Waals surface area contributed by atoms with Crippen LogP contribution in [-0.2, 0) is 0 Å². The van der Waals surface area contributed by atoms with Crippen LogP contribution in [0.25, 0.3) is 0 Å². The molecule has 0 amide bonds. The number of ether oxygens (including phenoxy) is 1. The molecule has 0 atom stereocenters. The summed E-state index contributed by atoms with van der Waals surface area (Å²) >= 11 is 0. The highest BCUT2D eigenvalue weighted by Gasteiger charge is 2.22. The van der Waals surface area contributed by atoms with Gasteiger partial charge in [0.1, 0.15) is 0 Å². The minimum absolute atomic E-state index is 0.341. The van der Waals surface area contributed by atoms with Gasteiger partial charge in [0.2, 0.25) is 0 Å². The van der Waals surface area contributed by atoms with Crippen LogP contribution in [0.3, 0.4) is 0 Å². The van der Waals surface area contributed by atoms with E-state index in [-0.39, 0.29) is 0 Å². The van der Waals surface area contributed by atoms with Crippen molar-refractivity contribution in [3.05, 3.63) is 18.8 Å². The smallest absolute Gasteiger partial charge is 0.257 e. The lowest BCUT2D eigenvalue weighted by Gasteiger charge is -2.06. The Morgan fingerprint density at radius 1 is 1.62 bits per heavy atom. The van der Waals surface area contributed by atoms with Gasteiger partial charge in [-0.3, -0.25) is 0 Å². The van der Waals surface area contributed by atoms with Gasteiger partial charge >= 0.3 is 0 Å². The maximum absolute atomic E-state index is 5.57. The van der Waals surface area contributed by atoms with Crippen molar-refractivity contribution >= 4 is 5.82 Å². The van der Waals surface area contributed by atoms with Gasteiger partial charge in [-0.1, -0.05) is 0 Å². The van der Waals surface area contributed by atoms with E-state index in [1.54, 1.807) is 0 Å². The molecule has 69 valence electrons. The van der Waals surface area contributed by atoms with Crippen LogP contribution in [0.15, 0.2) is 6.20 Å². The molecule has 1 radical (unpaired) electrons. The molecule has 4 heteroatoms. The van der Waals surface area contributed by atoms with Crippen molar-refractivity contribution < 1.29 is 4.74 Å². The average Bonchev–Trinajstić information content (AvgIpc) is 2.90. The molecule has 1 aliphatic carbocycles. The van der Waals surface area contributed by atoms with Gasteiger partial charge in [0.25, 0.3) is 5.88 Å². The molecule has 1 fully saturated rings. The van der Waals surface area contributed by atoms with E-state index in [0.29, 0.717) is 29.9 Å². The Hall–Kier alpha value is -1.32. The maximum atomic E-state index is 5.57. The molecule has 1 saturated carbocycles. The fourth-order valence-electron chi connectivity index (χ4n) is 1.00. The van der Waals surface area contributed by atoms with Crippen LogP contribution >= 0.6 is 0 Å². The van der Waals surface area contributed by atoms with Crippen LogP contribution in [0.2, 0.25) is 0 Å². The van der Waals surface area contributed by atoms with Crippen LogP contribution in [0.4, 0.5) is 5.82 Å². The Bertz CT molecular complexity index is 310. The minimum atomic E-state index is 0.341. The van der Waals surface area contributed by atoms with Crippen LogP contribution < -0.4 is 10.5 Å². The molecule has 2 rings (SSSR count). The van der Waals surface area contributed by atoms with E-state index < -0.39 is 0 Å². The summed E-state index contributed by atoms with van der Waals surface area (Å²) in [7, 11) is 0. The van der Waals surface area contributed by atoms with Crippen LogP contribution in [0.1, 0.15) is 18.5 Å². The maximum Gasteiger partial charge on any atom is 0.257 e. The molecule has 0 unspecified atom stereocenters. The summed E-state index contributed by atoms with van der Waals surface area (Å²) in [6.45, 7) is 4.35. The zero-order valence-corrected chi connectivity index (χ0v) is 7.36. The molecule has 1 heterocycles. The SMILES string of the molecule is [CH2]c1cnc(N)c(OCC2CC2)n1. The molecule has 2 N–H and O–H groups in total. The molecular weight excluding hydrogens is 166 g/mol. The van der Waals surface area contributed by atoms with Gasteiger partial charge in [0, 0.05) is 0 Å². The Labute approximate surface area is 77.1 Å². The Morgan fingerprint density at radius 2 is 2.38 bits per heavy atom. The van der Waals surface area contributed by atoms with Crippen molar-refractivity contribution in [2.45, 2.75) is 12.8 Å². The van der Waals surface area contributed by atoms with E-state index in [2.05, 4.69) is 16.9 Å². The van der Waals surface area contributed by atoms with Crippen LogP contribution in [0.5, 0.6) is 5.88 Å². The van der Waals surface area contributed by atoms with Crippen molar-refractivity contribution in [1.82, 2.24) is 9.97 Å². The minimum Gasteiger partial charge on any atom is -0.475 e. The van der Waals surface area contributed by atoms with Crippen molar-refractivity contribution in [1.29, 1.82) is 0 Å². The van der Waals surface area contributed by atoms with Gasteiger partial charge in [-0.05, 0) is 25.7 Å². The molecule has 13 heavy (non-hydrogen) atoms. The highest BCUT2D eigenvalue weighted by Crippen LogP contribution is 2.29. The predicted molar refractivity (Wildman–Crippen MR) is 49.1 cm³/mol. The Kier molecular flexibility index (Phi) is 2.04. The molecule has 1 aromatic rings. The number of anilines is 1. The molecule has 0 spiro atoms. The third kappa shape index (κ3) is 2.08. The topological polar surface area (TPSA) is 61.0 Å². The molecule has 1 aliphatic rings. The largest absolute Gasteiger partial charge is 0.475 e. The predicted octanol–water partition coefficient (Wildman–Crippen LogP) is 1.03. The fraction of sp³-hybridized carbons (Fsp3) is 0.444. The summed E-state index contributed by atoms with van der Waals surface area (Å²) in [5.74, 6) is 1.45. The van der Waals surface area contributed by atoms with Crippen LogP contribution in [-0.4, -0.2) is 16.6 Å². The lowest BCUT2D eigenvalue weighted by atomic mass is 10.4. The van der Waals surface area contributed by atoms with E-state index >= 15 is 0 Å². The first-order chi connectivity index (χ1) is 6.25. The molecule has 0 aromatic carbocycles. The molecule has 0 bridgehead atoms. The number of nitrogens with zero attached hydrogens (tertiary/aromatic N) is 2. The summed E-state index contributed by atoms with van der Waals surface area (Å²) in [5, 5.41) is 0. The zero-order valence-electron chi connectivity index (χ0n) is 7.36. The monoisotopic (exact) mass is 178 g/mol. The van der Waals surface area contributed by atoms with Gasteiger partial charge in [0.15, 0.2) is 5.82 Å². The third-order valence-electron chi connectivity index (χ3n) is 1.97. The van der Waals surface area contributed by atoms with E-state index in [4.69, 9.17) is 10.5 Å².